The highest BCUT2D eigenvalue weighted by Crippen LogP contribution is 2.55. The summed E-state index contributed by atoms with van der Waals surface area (Å²) in [5, 5.41) is 70.2. The smallest absolute Gasteiger partial charge is 0.187 e. The number of hydrogen-bond donors (Lipinski definition) is 8. The third kappa shape index (κ3) is 7.02. The largest absolute Gasteiger partial charge is 0.512 e. The maximum absolute atomic E-state index is 14.3. The van der Waals surface area contributed by atoms with Crippen LogP contribution in [0.25, 0.3) is 0 Å². The fraction of sp³-hybridized carbons (Fsp3) is 0.846. The zero-order valence-corrected chi connectivity index (χ0v) is 29.8. The van der Waals surface area contributed by atoms with Crippen LogP contribution in [-0.2, 0) is 19.1 Å². The lowest BCUT2D eigenvalue weighted by Gasteiger charge is -2.54. The molecule has 9 N–H and O–H groups in total. The quantitative estimate of drug-likeness (QED) is 0.173. The summed E-state index contributed by atoms with van der Waals surface area (Å²) < 4.78 is 12.4. The fourth-order valence-corrected chi connectivity index (χ4v) is 11.7. The summed E-state index contributed by atoms with van der Waals surface area (Å²) in [4.78, 5) is 28.4. The number of nitrogens with one attached hydrogen (secondary N) is 1. The van der Waals surface area contributed by atoms with Gasteiger partial charge in [-0.05, 0) is 106 Å². The number of hydrogen-bond acceptors (Lipinski definition) is 12. The molecule has 2 heterocycles. The van der Waals surface area contributed by atoms with Gasteiger partial charge in [-0.25, -0.2) is 0 Å². The third-order valence-corrected chi connectivity index (χ3v) is 14.2. The maximum atomic E-state index is 14.3. The second-order valence-electron chi connectivity index (χ2n) is 17.3. The number of rotatable bonds is 9. The number of fused-ring (bicyclic) bond motifs is 2. The first kappa shape index (κ1) is 37.6. The molecule has 0 radical (unpaired) electrons. The van der Waals surface area contributed by atoms with Crippen LogP contribution in [0.2, 0.25) is 0 Å². The number of allylic oxidation sites excluding steroid dienone is 4. The SMILES string of the molecule is NC1CC(C2(CC3(O)C(O)C(CO)OC(OC4CCCC5C(=O)C6C=C(CC7CCCC(CO)C7)C=C(O)C6C(=O)C45)C3O)CCCC2)CCN1. The number of carbonyl (C=O) groups excluding carboxylic acids is 2. The summed E-state index contributed by atoms with van der Waals surface area (Å²) in [7, 11) is 0. The lowest BCUT2D eigenvalue weighted by Crippen LogP contribution is -2.69. The minimum Gasteiger partial charge on any atom is -0.512 e. The summed E-state index contributed by atoms with van der Waals surface area (Å²) in [5.74, 6) is -2.95. The molecule has 12 nitrogen and oxygen atoms in total. The van der Waals surface area contributed by atoms with Gasteiger partial charge in [-0.2, -0.15) is 0 Å². The van der Waals surface area contributed by atoms with Crippen molar-refractivity contribution >= 4 is 11.6 Å². The zero-order valence-electron chi connectivity index (χ0n) is 29.8. The second kappa shape index (κ2) is 15.2. The van der Waals surface area contributed by atoms with E-state index in [0.717, 1.165) is 69.9 Å². The van der Waals surface area contributed by atoms with Gasteiger partial charge in [0.15, 0.2) is 12.1 Å². The van der Waals surface area contributed by atoms with Crippen LogP contribution in [0.5, 0.6) is 0 Å². The molecule has 7 rings (SSSR count). The molecule has 7 aliphatic rings. The molecular formula is C39H60N2O10. The van der Waals surface area contributed by atoms with Crippen LogP contribution in [0.1, 0.15) is 96.3 Å². The highest BCUT2D eigenvalue weighted by Gasteiger charge is 2.61. The number of Topliss-reactive ketones (excluding diaryl/α,β-unsaturated/α-hetero) is 2. The minimum atomic E-state index is -2.07. The summed E-state index contributed by atoms with van der Waals surface area (Å²) in [6, 6.07) is 0. The molecule has 5 aliphatic carbocycles. The maximum Gasteiger partial charge on any atom is 0.187 e. The summed E-state index contributed by atoms with van der Waals surface area (Å²) in [5.41, 5.74) is 4.71. The van der Waals surface area contributed by atoms with Crippen molar-refractivity contribution in [2.45, 2.75) is 139 Å². The van der Waals surface area contributed by atoms with Gasteiger partial charge in [0.2, 0.25) is 0 Å². The zero-order chi connectivity index (χ0) is 36.1. The summed E-state index contributed by atoms with van der Waals surface area (Å²) in [6.07, 6.45) is 7.96. The van der Waals surface area contributed by atoms with Gasteiger partial charge in [-0.3, -0.25) is 9.59 Å². The van der Waals surface area contributed by atoms with Crippen molar-refractivity contribution in [3.63, 3.8) is 0 Å². The molecule has 14 unspecified atom stereocenters. The Hall–Kier alpha value is -1.74. The standard InChI is InChI=1S/C39H60N2O10/c40-30-17-24(9-12-41-30)38(10-1-2-11-38)20-39(49)35(47)29(19-43)51-37(36(39)48)50-28-8-4-7-25-32(28)34(46)31-26(33(25)45)15-23(16-27(31)44)14-21-5-3-6-22(13-21)18-42/h15-16,21-22,24-26,28-32,35-37,41-44,47-49H,1-14,17-20,40H2. The van der Waals surface area contributed by atoms with E-state index in [0.29, 0.717) is 38.0 Å². The summed E-state index contributed by atoms with van der Waals surface area (Å²) in [6.45, 7) is 0.296. The molecule has 12 heteroatoms. The van der Waals surface area contributed by atoms with Crippen LogP contribution in [-0.4, -0.2) is 104 Å². The van der Waals surface area contributed by atoms with E-state index in [9.17, 15) is 40.2 Å². The molecule has 2 aliphatic heterocycles. The first-order valence-electron chi connectivity index (χ1n) is 19.8. The Labute approximate surface area is 300 Å². The van der Waals surface area contributed by atoms with Gasteiger partial charge in [0.05, 0.1) is 36.6 Å². The highest BCUT2D eigenvalue weighted by molar-refractivity contribution is 6.02. The average molecular weight is 717 g/mol. The Morgan fingerprint density at radius 2 is 1.67 bits per heavy atom. The Balaban J connectivity index is 1.10. The molecule has 0 spiro atoms. The van der Waals surface area contributed by atoms with Crippen LogP contribution < -0.4 is 11.1 Å². The normalized spacial score (nSPS) is 45.8. The molecule has 6 fully saturated rings. The first-order valence-corrected chi connectivity index (χ1v) is 19.8. The van der Waals surface area contributed by atoms with Crippen molar-refractivity contribution in [1.82, 2.24) is 5.32 Å². The molecule has 4 saturated carbocycles. The van der Waals surface area contributed by atoms with Gasteiger partial charge < -0.3 is 51.2 Å². The molecule has 0 aromatic rings. The number of aliphatic hydroxyl groups is 6. The average Bonchev–Trinajstić information content (AvgIpc) is 3.60. The topological polar surface area (TPSA) is 212 Å². The lowest BCUT2D eigenvalue weighted by molar-refractivity contribution is -0.350. The van der Waals surface area contributed by atoms with Crippen LogP contribution in [0.3, 0.4) is 0 Å². The van der Waals surface area contributed by atoms with Gasteiger partial charge in [-0.1, -0.05) is 38.2 Å². The number of ether oxygens (including phenoxy) is 2. The van der Waals surface area contributed by atoms with E-state index in [1.807, 2.05) is 6.08 Å². The number of carbonyl (C=O) groups is 2. The molecule has 0 amide bonds. The number of piperidine rings is 1. The first-order chi connectivity index (χ1) is 24.5. The van der Waals surface area contributed by atoms with Crippen LogP contribution in [0.15, 0.2) is 23.5 Å². The van der Waals surface area contributed by atoms with E-state index in [2.05, 4.69) is 5.32 Å². The predicted molar refractivity (Wildman–Crippen MR) is 186 cm³/mol. The Kier molecular flexibility index (Phi) is 11.2. The molecule has 14 atom stereocenters. The fourth-order valence-electron chi connectivity index (χ4n) is 11.7. The Bertz CT molecular complexity index is 1350. The van der Waals surface area contributed by atoms with Crippen molar-refractivity contribution in [2.24, 2.45) is 52.6 Å². The minimum absolute atomic E-state index is 0.0895. The molecule has 51 heavy (non-hydrogen) atoms. The van der Waals surface area contributed by atoms with E-state index in [-0.39, 0.29) is 53.8 Å². The van der Waals surface area contributed by atoms with E-state index < -0.39 is 66.6 Å². The number of aliphatic hydroxyl groups excluding tert-OH is 5. The summed E-state index contributed by atoms with van der Waals surface area (Å²) >= 11 is 0. The highest BCUT2D eigenvalue weighted by atomic mass is 16.7. The predicted octanol–water partition coefficient (Wildman–Crippen LogP) is 2.15. The van der Waals surface area contributed by atoms with Crippen molar-refractivity contribution in [3.8, 4) is 0 Å². The molecule has 286 valence electrons. The third-order valence-electron chi connectivity index (χ3n) is 14.2. The van der Waals surface area contributed by atoms with Gasteiger partial charge in [0, 0.05) is 12.5 Å². The van der Waals surface area contributed by atoms with Gasteiger partial charge in [0.1, 0.15) is 35.5 Å². The van der Waals surface area contributed by atoms with Crippen molar-refractivity contribution in [3.05, 3.63) is 23.5 Å². The van der Waals surface area contributed by atoms with Gasteiger partial charge in [0.25, 0.3) is 0 Å². The van der Waals surface area contributed by atoms with Crippen molar-refractivity contribution < 1.29 is 49.7 Å². The molecule has 0 aromatic carbocycles. The van der Waals surface area contributed by atoms with Crippen molar-refractivity contribution in [1.29, 1.82) is 0 Å². The van der Waals surface area contributed by atoms with Crippen LogP contribution in [0, 0.1) is 46.8 Å². The molecule has 0 bridgehead atoms. The second-order valence-corrected chi connectivity index (χ2v) is 17.3. The molecule has 2 saturated heterocycles. The Morgan fingerprint density at radius 3 is 2.39 bits per heavy atom. The van der Waals surface area contributed by atoms with Crippen LogP contribution in [0.4, 0.5) is 0 Å². The monoisotopic (exact) mass is 716 g/mol. The molecule has 0 aromatic heterocycles. The van der Waals surface area contributed by atoms with E-state index in [4.69, 9.17) is 15.2 Å². The number of ketones is 2. The number of nitrogens with two attached hydrogens (primary N) is 1. The Morgan fingerprint density at radius 1 is 0.922 bits per heavy atom. The van der Waals surface area contributed by atoms with Gasteiger partial charge in [-0.15, -0.1) is 0 Å². The van der Waals surface area contributed by atoms with Crippen molar-refractivity contribution in [2.75, 3.05) is 19.8 Å². The van der Waals surface area contributed by atoms with E-state index in [1.165, 1.54) is 0 Å². The van der Waals surface area contributed by atoms with Crippen LogP contribution >= 0.6 is 0 Å². The van der Waals surface area contributed by atoms with E-state index >= 15 is 0 Å². The lowest BCUT2D eigenvalue weighted by atomic mass is 9.59. The van der Waals surface area contributed by atoms with Gasteiger partial charge >= 0.3 is 0 Å². The van der Waals surface area contributed by atoms with E-state index in [1.54, 1.807) is 6.08 Å². The molecular weight excluding hydrogens is 656 g/mol.